The number of rotatable bonds is 9. The highest BCUT2D eigenvalue weighted by Crippen LogP contribution is 2.31. The molecule has 2 aromatic carbocycles. The van der Waals surface area contributed by atoms with E-state index in [1.807, 2.05) is 18.4 Å². The lowest BCUT2D eigenvalue weighted by molar-refractivity contribution is 0.0600. The van der Waals surface area contributed by atoms with E-state index in [-0.39, 0.29) is 5.91 Å². The van der Waals surface area contributed by atoms with Gasteiger partial charge in [0.25, 0.3) is 5.91 Å². The number of carbonyl (C=O) groups excluding carboxylic acids is 2. The fourth-order valence-corrected chi connectivity index (χ4v) is 5.27. The van der Waals surface area contributed by atoms with Crippen LogP contribution in [-0.2, 0) is 30.8 Å². The fourth-order valence-electron chi connectivity index (χ4n) is 5.27. The average Bonchev–Trinajstić information content (AvgIpc) is 3.51. The molecule has 1 aliphatic heterocycles. The summed E-state index contributed by atoms with van der Waals surface area (Å²) in [5, 5.41) is 7.38. The number of methoxy groups -OCH3 is 2. The number of esters is 1. The van der Waals surface area contributed by atoms with Crippen LogP contribution in [0.4, 0.5) is 5.95 Å². The van der Waals surface area contributed by atoms with Crippen molar-refractivity contribution in [1.29, 1.82) is 0 Å². The lowest BCUT2D eigenvalue weighted by atomic mass is 10.00. The molecule has 0 radical (unpaired) electrons. The molecule has 39 heavy (non-hydrogen) atoms. The highest BCUT2D eigenvalue weighted by molar-refractivity contribution is 6.04. The van der Waals surface area contributed by atoms with Gasteiger partial charge in [-0.15, -0.1) is 0 Å². The van der Waals surface area contributed by atoms with Crippen LogP contribution in [0.25, 0.3) is 11.0 Å². The largest absolute Gasteiger partial charge is 0.494 e. The molecule has 1 aliphatic rings. The Hall–Kier alpha value is -4.18. The summed E-state index contributed by atoms with van der Waals surface area (Å²) in [4.78, 5) is 32.8. The first kappa shape index (κ1) is 26.4. The molecule has 2 aromatic heterocycles. The molecule has 5 rings (SSSR count). The summed E-state index contributed by atoms with van der Waals surface area (Å²) in [6.07, 6.45) is 1.88. The van der Waals surface area contributed by atoms with Gasteiger partial charge in [-0.2, -0.15) is 5.10 Å². The molecule has 0 aliphatic carbocycles. The third-order valence-electron chi connectivity index (χ3n) is 7.17. The van der Waals surface area contributed by atoms with Crippen LogP contribution < -0.4 is 10.1 Å². The van der Waals surface area contributed by atoms with E-state index in [0.717, 1.165) is 38.2 Å². The quantitative estimate of drug-likeness (QED) is 0.326. The van der Waals surface area contributed by atoms with Crippen LogP contribution >= 0.6 is 0 Å². The van der Waals surface area contributed by atoms with Gasteiger partial charge in [0.05, 0.1) is 31.0 Å². The van der Waals surface area contributed by atoms with E-state index < -0.39 is 5.97 Å². The van der Waals surface area contributed by atoms with Crippen molar-refractivity contribution < 1.29 is 19.1 Å². The van der Waals surface area contributed by atoms with Crippen molar-refractivity contribution in [3.8, 4) is 5.75 Å². The third kappa shape index (κ3) is 5.37. The summed E-state index contributed by atoms with van der Waals surface area (Å²) < 4.78 is 14.2. The number of imidazole rings is 1. The van der Waals surface area contributed by atoms with Gasteiger partial charge < -0.3 is 14.0 Å². The van der Waals surface area contributed by atoms with Crippen LogP contribution in [0.5, 0.6) is 5.75 Å². The number of aryl methyl sites for hydroxylation is 3. The number of anilines is 1. The van der Waals surface area contributed by atoms with E-state index in [9.17, 15) is 9.59 Å². The van der Waals surface area contributed by atoms with Gasteiger partial charge in [-0.1, -0.05) is 24.3 Å². The second kappa shape index (κ2) is 11.3. The number of nitrogens with one attached hydrogen (secondary N) is 1. The Bertz CT molecular complexity index is 1520. The summed E-state index contributed by atoms with van der Waals surface area (Å²) >= 11 is 0. The number of benzene rings is 2. The number of hydrogen-bond donors (Lipinski definition) is 1. The third-order valence-corrected chi connectivity index (χ3v) is 7.17. The molecule has 0 atom stereocenters. The fraction of sp³-hybridized carbons (Fsp3) is 0.379. The van der Waals surface area contributed by atoms with Gasteiger partial charge >= 0.3 is 5.97 Å². The zero-order chi connectivity index (χ0) is 27.5. The summed E-state index contributed by atoms with van der Waals surface area (Å²) in [6, 6.07) is 13.7. The van der Waals surface area contributed by atoms with Crippen molar-refractivity contribution in [1.82, 2.24) is 24.2 Å². The minimum atomic E-state index is -0.483. The molecule has 1 amide bonds. The van der Waals surface area contributed by atoms with Crippen molar-refractivity contribution in [2.45, 2.75) is 46.3 Å². The van der Waals surface area contributed by atoms with E-state index in [2.05, 4.69) is 39.6 Å². The second-order valence-corrected chi connectivity index (χ2v) is 9.71. The van der Waals surface area contributed by atoms with Crippen LogP contribution in [0, 0.1) is 6.92 Å². The van der Waals surface area contributed by atoms with E-state index >= 15 is 0 Å². The van der Waals surface area contributed by atoms with Crippen LogP contribution in [0.2, 0.25) is 0 Å². The molecule has 4 aromatic rings. The minimum absolute atomic E-state index is 0.297. The molecule has 1 N–H and O–H groups in total. The Balaban J connectivity index is 1.44. The van der Waals surface area contributed by atoms with Crippen molar-refractivity contribution in [2.75, 3.05) is 32.6 Å². The first-order valence-corrected chi connectivity index (χ1v) is 13.2. The zero-order valence-electron chi connectivity index (χ0n) is 22.9. The van der Waals surface area contributed by atoms with Gasteiger partial charge in [-0.05, 0) is 56.0 Å². The molecule has 0 saturated heterocycles. The van der Waals surface area contributed by atoms with E-state index in [0.29, 0.717) is 47.1 Å². The number of carbonyl (C=O) groups is 2. The first-order valence-electron chi connectivity index (χ1n) is 13.2. The summed E-state index contributed by atoms with van der Waals surface area (Å²) in [5.41, 5.74) is 5.61. The summed E-state index contributed by atoms with van der Waals surface area (Å²) in [5.74, 6) is 0.0971. The molecule has 0 fully saturated rings. The predicted molar refractivity (Wildman–Crippen MR) is 148 cm³/mol. The Labute approximate surface area is 227 Å². The van der Waals surface area contributed by atoms with Crippen molar-refractivity contribution >= 4 is 28.9 Å². The summed E-state index contributed by atoms with van der Waals surface area (Å²) in [6.45, 7) is 7.80. The normalized spacial score (nSPS) is 13.3. The molecule has 0 bridgehead atoms. The van der Waals surface area contributed by atoms with Crippen molar-refractivity contribution in [3.05, 3.63) is 70.5 Å². The lowest BCUT2D eigenvalue weighted by Gasteiger charge is -2.28. The van der Waals surface area contributed by atoms with Crippen LogP contribution in [0.3, 0.4) is 0 Å². The standard InChI is InChI=1S/C29H34N6O4/c1-5-35-24(15-19(2)32-35)27(36)31-29-30-23-16-22(28(37)39-4)17-25(38-3)26(23)34(29)13-8-12-33-14-11-20-9-6-7-10-21(20)18-33/h6-7,9-10,15-17H,5,8,11-14,18H2,1-4H3,(H,30,31,36). The van der Waals surface area contributed by atoms with Gasteiger partial charge in [0.15, 0.2) is 0 Å². The monoisotopic (exact) mass is 530 g/mol. The maximum Gasteiger partial charge on any atom is 0.338 e. The second-order valence-electron chi connectivity index (χ2n) is 9.71. The van der Waals surface area contributed by atoms with E-state index in [1.54, 1.807) is 30.0 Å². The highest BCUT2D eigenvalue weighted by atomic mass is 16.5. The average molecular weight is 531 g/mol. The van der Waals surface area contributed by atoms with Crippen LogP contribution in [0.15, 0.2) is 42.5 Å². The van der Waals surface area contributed by atoms with Gasteiger partial charge in [0, 0.05) is 32.7 Å². The molecule has 3 heterocycles. The number of ether oxygens (including phenoxy) is 2. The smallest absolute Gasteiger partial charge is 0.338 e. The molecule has 204 valence electrons. The molecular formula is C29H34N6O4. The van der Waals surface area contributed by atoms with Crippen molar-refractivity contribution in [3.63, 3.8) is 0 Å². The number of aromatic nitrogens is 4. The van der Waals surface area contributed by atoms with Gasteiger partial charge in [0.2, 0.25) is 5.95 Å². The first-order chi connectivity index (χ1) is 18.9. The molecule has 10 nitrogen and oxygen atoms in total. The molecule has 0 saturated carbocycles. The zero-order valence-corrected chi connectivity index (χ0v) is 22.9. The number of amides is 1. The molecule has 0 spiro atoms. The van der Waals surface area contributed by atoms with Crippen molar-refractivity contribution in [2.24, 2.45) is 0 Å². The van der Waals surface area contributed by atoms with E-state index in [1.165, 1.54) is 18.2 Å². The molecular weight excluding hydrogens is 496 g/mol. The SMILES string of the molecule is CCn1nc(C)cc1C(=O)Nc1nc2cc(C(=O)OC)cc(OC)c2n1CCCN1CCc2ccccc2C1. The minimum Gasteiger partial charge on any atom is -0.494 e. The molecule has 0 unspecified atom stereocenters. The summed E-state index contributed by atoms with van der Waals surface area (Å²) in [7, 11) is 2.89. The Kier molecular flexibility index (Phi) is 7.65. The van der Waals surface area contributed by atoms with E-state index in [4.69, 9.17) is 14.5 Å². The highest BCUT2D eigenvalue weighted by Gasteiger charge is 2.23. The number of hydrogen-bond acceptors (Lipinski definition) is 7. The topological polar surface area (TPSA) is 104 Å². The maximum absolute atomic E-state index is 13.3. The Morgan fingerprint density at radius 1 is 1.08 bits per heavy atom. The predicted octanol–water partition coefficient (Wildman–Crippen LogP) is 4.06. The Morgan fingerprint density at radius 2 is 1.87 bits per heavy atom. The lowest BCUT2D eigenvalue weighted by Crippen LogP contribution is -2.31. The van der Waals surface area contributed by atoms with Crippen LogP contribution in [-0.4, -0.2) is 63.4 Å². The Morgan fingerprint density at radius 3 is 2.62 bits per heavy atom. The van der Waals surface area contributed by atoms with Crippen LogP contribution in [0.1, 0.15) is 51.0 Å². The van der Waals surface area contributed by atoms with Gasteiger partial charge in [0.1, 0.15) is 17.0 Å². The van der Waals surface area contributed by atoms with Gasteiger partial charge in [-0.25, -0.2) is 9.78 Å². The molecule has 10 heteroatoms. The van der Waals surface area contributed by atoms with Gasteiger partial charge in [-0.3, -0.25) is 19.7 Å². The maximum atomic E-state index is 13.3. The number of fused-ring (bicyclic) bond motifs is 2. The number of nitrogens with zero attached hydrogens (tertiary/aromatic N) is 5.